The van der Waals surface area contributed by atoms with Crippen LogP contribution in [0.3, 0.4) is 0 Å². The Morgan fingerprint density at radius 1 is 1.47 bits per heavy atom. The average Bonchev–Trinajstić information content (AvgIpc) is 2.27. The van der Waals surface area contributed by atoms with Gasteiger partial charge in [0.05, 0.1) is 19.0 Å². The molecule has 0 amide bonds. The number of likely N-dealkylation sites (tertiary alicyclic amines) is 1. The maximum absolute atomic E-state index is 12.9. The van der Waals surface area contributed by atoms with Crippen LogP contribution in [0.5, 0.6) is 0 Å². The maximum atomic E-state index is 12.9. The highest BCUT2D eigenvalue weighted by atomic mass is 16.6. The largest absolute Gasteiger partial charge is 0.632 e. The summed E-state index contributed by atoms with van der Waals surface area (Å²) in [5.74, 6) is 2.52. The van der Waals surface area contributed by atoms with Crippen LogP contribution in [-0.4, -0.2) is 34.0 Å². The predicted molar refractivity (Wildman–Crippen MR) is 67.8 cm³/mol. The molecule has 96 valence electrons. The number of fused-ring (bicyclic) bond motifs is 1. The number of piperidine rings is 1. The summed E-state index contributed by atoms with van der Waals surface area (Å²) in [6.45, 7) is 3.92. The van der Waals surface area contributed by atoms with Crippen molar-refractivity contribution in [2.75, 3.05) is 7.05 Å². The van der Waals surface area contributed by atoms with Crippen LogP contribution in [0.4, 0.5) is 0 Å². The van der Waals surface area contributed by atoms with Gasteiger partial charge in [-0.05, 0) is 26.7 Å². The van der Waals surface area contributed by atoms with Crippen LogP contribution in [-0.2, 0) is 0 Å². The van der Waals surface area contributed by atoms with Crippen molar-refractivity contribution in [2.24, 2.45) is 5.92 Å². The quantitative estimate of drug-likeness (QED) is 0.398. The molecule has 2 rings (SSSR count). The number of hydrogen-bond acceptors (Lipinski definition) is 2. The van der Waals surface area contributed by atoms with E-state index in [0.717, 1.165) is 25.7 Å². The molecule has 1 heterocycles. The molecule has 0 radical (unpaired) electrons. The molecule has 3 heteroatoms. The normalized spacial score (nSPS) is 54.8. The van der Waals surface area contributed by atoms with Crippen LogP contribution < -0.4 is 0 Å². The fraction of sp³-hybridized carbons (Fsp3) is 0.857. The molecular weight excluding hydrogens is 214 g/mol. The summed E-state index contributed by atoms with van der Waals surface area (Å²) in [6.07, 6.45) is 9.84. The zero-order chi connectivity index (χ0) is 12.9. The van der Waals surface area contributed by atoms with Gasteiger partial charge in [0.15, 0.2) is 0 Å². The second-order valence-corrected chi connectivity index (χ2v) is 6.27. The van der Waals surface area contributed by atoms with Crippen molar-refractivity contribution in [1.82, 2.24) is 0 Å². The van der Waals surface area contributed by atoms with E-state index in [1.807, 2.05) is 13.8 Å². The summed E-state index contributed by atoms with van der Waals surface area (Å²) < 4.78 is -0.262. The summed E-state index contributed by atoms with van der Waals surface area (Å²) in [5.41, 5.74) is -1.52. The van der Waals surface area contributed by atoms with E-state index in [1.54, 1.807) is 7.05 Å². The molecule has 0 aromatic heterocycles. The van der Waals surface area contributed by atoms with Crippen LogP contribution in [0.15, 0.2) is 0 Å². The number of hydrogen-bond donors (Lipinski definition) is 1. The lowest BCUT2D eigenvalue weighted by Gasteiger charge is -2.66. The molecular formula is C14H23NO2. The Morgan fingerprint density at radius 3 is 2.71 bits per heavy atom. The lowest BCUT2D eigenvalue weighted by Crippen LogP contribution is -2.74. The Balaban J connectivity index is 2.48. The Hall–Kier alpha value is -0.560. The Morgan fingerprint density at radius 2 is 2.12 bits per heavy atom. The van der Waals surface area contributed by atoms with Gasteiger partial charge in [-0.25, -0.2) is 0 Å². The van der Waals surface area contributed by atoms with E-state index < -0.39 is 11.1 Å². The summed E-state index contributed by atoms with van der Waals surface area (Å²) in [7, 11) is 1.75. The summed E-state index contributed by atoms with van der Waals surface area (Å²) in [6, 6.07) is -0.143. The van der Waals surface area contributed by atoms with E-state index in [9.17, 15) is 10.3 Å². The molecule has 0 aromatic rings. The standard InChI is InChI=1S/C14H23NO2/c1-5-14(16)10-11(2)15(4,17)13(3)9-7-6-8-12(13)14/h1,11-12,16H,6-10H2,2-4H3. The third-order valence-corrected chi connectivity index (χ3v) is 5.46. The molecule has 2 fully saturated rings. The molecule has 5 unspecified atom stereocenters. The number of aliphatic hydroxyl groups is 1. The fourth-order valence-electron chi connectivity index (χ4n) is 4.03. The van der Waals surface area contributed by atoms with Gasteiger partial charge in [-0.15, -0.1) is 6.42 Å². The van der Waals surface area contributed by atoms with Gasteiger partial charge in [-0.3, -0.25) is 0 Å². The third kappa shape index (κ3) is 1.55. The van der Waals surface area contributed by atoms with E-state index in [-0.39, 0.29) is 16.6 Å². The van der Waals surface area contributed by atoms with Crippen LogP contribution in [0, 0.1) is 23.5 Å². The van der Waals surface area contributed by atoms with Crippen LogP contribution in [0.25, 0.3) is 0 Å². The van der Waals surface area contributed by atoms with Crippen LogP contribution in [0.1, 0.15) is 46.0 Å². The van der Waals surface area contributed by atoms with Crippen molar-refractivity contribution in [2.45, 2.75) is 63.1 Å². The van der Waals surface area contributed by atoms with E-state index in [2.05, 4.69) is 5.92 Å². The molecule has 3 nitrogen and oxygen atoms in total. The minimum Gasteiger partial charge on any atom is -0.632 e. The van der Waals surface area contributed by atoms with Crippen molar-refractivity contribution in [1.29, 1.82) is 0 Å². The SMILES string of the molecule is C#CC1(O)CC(C)[N+](C)([O-])C2(C)CCCCC12. The van der Waals surface area contributed by atoms with Crippen molar-refractivity contribution >= 4 is 0 Å². The molecule has 1 aliphatic carbocycles. The Labute approximate surface area is 104 Å². The van der Waals surface area contributed by atoms with Crippen LogP contribution in [0.2, 0.25) is 0 Å². The van der Waals surface area contributed by atoms with E-state index in [1.165, 1.54) is 0 Å². The third-order valence-electron chi connectivity index (χ3n) is 5.46. The van der Waals surface area contributed by atoms with Crippen molar-refractivity contribution in [3.05, 3.63) is 5.21 Å². The van der Waals surface area contributed by atoms with Gasteiger partial charge in [-0.1, -0.05) is 12.3 Å². The van der Waals surface area contributed by atoms with E-state index in [4.69, 9.17) is 6.42 Å². The number of rotatable bonds is 0. The first-order valence-electron chi connectivity index (χ1n) is 6.55. The molecule has 17 heavy (non-hydrogen) atoms. The molecule has 1 saturated heterocycles. The monoisotopic (exact) mass is 237 g/mol. The minimum atomic E-state index is -1.09. The van der Waals surface area contributed by atoms with Gasteiger partial charge in [0.1, 0.15) is 11.1 Å². The number of terminal acetylenes is 1. The molecule has 5 atom stereocenters. The first kappa shape index (κ1) is 12.9. The first-order chi connectivity index (χ1) is 7.78. The second-order valence-electron chi connectivity index (χ2n) is 6.27. The number of hydroxylamine groups is 3. The van der Waals surface area contributed by atoms with Gasteiger partial charge in [0.25, 0.3) is 0 Å². The molecule has 0 spiro atoms. The van der Waals surface area contributed by atoms with Crippen molar-refractivity contribution in [3.8, 4) is 12.3 Å². The smallest absolute Gasteiger partial charge is 0.139 e. The zero-order valence-electron chi connectivity index (χ0n) is 11.1. The highest BCUT2D eigenvalue weighted by Gasteiger charge is 2.61. The molecule has 2 aliphatic rings. The molecule has 1 aliphatic heterocycles. The van der Waals surface area contributed by atoms with Crippen LogP contribution >= 0.6 is 0 Å². The fourth-order valence-corrected chi connectivity index (χ4v) is 4.03. The van der Waals surface area contributed by atoms with Crippen molar-refractivity contribution in [3.63, 3.8) is 0 Å². The second kappa shape index (κ2) is 3.71. The molecule has 0 aromatic carbocycles. The Kier molecular flexibility index (Phi) is 2.82. The lowest BCUT2D eigenvalue weighted by molar-refractivity contribution is -0.948. The van der Waals surface area contributed by atoms with Gasteiger partial charge in [0, 0.05) is 12.8 Å². The first-order valence-corrected chi connectivity index (χ1v) is 6.55. The Bertz CT molecular complexity index is 360. The van der Waals surface area contributed by atoms with Gasteiger partial charge >= 0.3 is 0 Å². The minimum absolute atomic E-state index is 0.0625. The average molecular weight is 237 g/mol. The zero-order valence-corrected chi connectivity index (χ0v) is 11.1. The lowest BCUT2D eigenvalue weighted by atomic mass is 9.60. The summed E-state index contributed by atoms with van der Waals surface area (Å²) >= 11 is 0. The summed E-state index contributed by atoms with van der Waals surface area (Å²) in [4.78, 5) is 0. The van der Waals surface area contributed by atoms with E-state index >= 15 is 0 Å². The van der Waals surface area contributed by atoms with Crippen molar-refractivity contribution < 1.29 is 9.75 Å². The maximum Gasteiger partial charge on any atom is 0.139 e. The van der Waals surface area contributed by atoms with Gasteiger partial charge in [0.2, 0.25) is 0 Å². The molecule has 0 bridgehead atoms. The summed E-state index contributed by atoms with van der Waals surface area (Å²) in [5, 5.41) is 23.6. The highest BCUT2D eigenvalue weighted by Crippen LogP contribution is 2.52. The topological polar surface area (TPSA) is 43.3 Å². The van der Waals surface area contributed by atoms with E-state index in [0.29, 0.717) is 6.42 Å². The molecule has 1 N–H and O–H groups in total. The van der Waals surface area contributed by atoms with Gasteiger partial charge in [-0.2, -0.15) is 0 Å². The predicted octanol–water partition coefficient (Wildman–Crippen LogP) is 2.04. The van der Waals surface area contributed by atoms with Gasteiger partial charge < -0.3 is 15.0 Å². The number of nitrogens with zero attached hydrogens (tertiary/aromatic N) is 1. The highest BCUT2D eigenvalue weighted by molar-refractivity contribution is 5.18. The molecule has 1 saturated carbocycles. The number of quaternary nitrogens is 1.